The van der Waals surface area contributed by atoms with Crippen molar-refractivity contribution in [3.05, 3.63) is 35.4 Å². The van der Waals surface area contributed by atoms with Crippen LogP contribution >= 0.6 is 0 Å². The predicted molar refractivity (Wildman–Crippen MR) is 139 cm³/mol. The molecule has 0 radical (unpaired) electrons. The van der Waals surface area contributed by atoms with Gasteiger partial charge in [-0.15, -0.1) is 0 Å². The molecule has 2 N–H and O–H groups in total. The second-order valence-corrected chi connectivity index (χ2v) is 12.0. The minimum atomic E-state index is -0.475. The van der Waals surface area contributed by atoms with Crippen molar-refractivity contribution in [1.82, 2.24) is 9.80 Å². The van der Waals surface area contributed by atoms with Crippen molar-refractivity contribution >= 4 is 12.0 Å². The van der Waals surface area contributed by atoms with Crippen LogP contribution in [0.15, 0.2) is 24.3 Å². The Bertz CT molecular complexity index is 860. The van der Waals surface area contributed by atoms with Crippen LogP contribution in [-0.4, -0.2) is 59.1 Å². The summed E-state index contributed by atoms with van der Waals surface area (Å²) in [5.74, 6) is 0.857. The average Bonchev–Trinajstić information content (AvgIpc) is 3.05. The Labute approximate surface area is 211 Å². The standard InChI is InChI=1S/C29H45N3O3/c1-29(2,3)35-28(34)31(15-14-21-8-5-4-6-9-21)16-17-32-25-12-13-26(32)20-24(19-25)22-10-7-11-23(18-22)27(30)33/h7,10-11,18,21,24-26H,4-6,8-9,12-17,19-20H2,1-3H3,(H2,30,33)/t24-,25+,26-. The molecule has 4 rings (SSSR count). The molecule has 1 aromatic carbocycles. The van der Waals surface area contributed by atoms with Gasteiger partial charge in [-0.3, -0.25) is 9.69 Å². The van der Waals surface area contributed by atoms with Gasteiger partial charge in [-0.1, -0.05) is 44.2 Å². The molecule has 0 unspecified atom stereocenters. The SMILES string of the molecule is CC(C)(C)OC(=O)N(CCC1CCCCC1)CCN1[C@@H]2CC[C@H]1C[C@@H](c1cccc(C(N)=O)c1)C2. The summed E-state index contributed by atoms with van der Waals surface area (Å²) in [7, 11) is 0. The summed E-state index contributed by atoms with van der Waals surface area (Å²) in [5, 5.41) is 0. The van der Waals surface area contributed by atoms with Gasteiger partial charge in [-0.05, 0) is 82.4 Å². The smallest absolute Gasteiger partial charge is 0.410 e. The highest BCUT2D eigenvalue weighted by atomic mass is 16.6. The molecule has 35 heavy (non-hydrogen) atoms. The number of rotatable bonds is 8. The van der Waals surface area contributed by atoms with E-state index < -0.39 is 5.60 Å². The van der Waals surface area contributed by atoms with Gasteiger partial charge in [0.25, 0.3) is 0 Å². The first-order valence-electron chi connectivity index (χ1n) is 13.8. The van der Waals surface area contributed by atoms with Gasteiger partial charge in [-0.2, -0.15) is 0 Å². The lowest BCUT2D eigenvalue weighted by Gasteiger charge is -2.40. The summed E-state index contributed by atoms with van der Waals surface area (Å²) >= 11 is 0. The minimum Gasteiger partial charge on any atom is -0.444 e. The van der Waals surface area contributed by atoms with Crippen LogP contribution in [0.1, 0.15) is 107 Å². The lowest BCUT2D eigenvalue weighted by Crippen LogP contribution is -2.48. The molecule has 3 aliphatic rings. The quantitative estimate of drug-likeness (QED) is 0.514. The molecule has 3 atom stereocenters. The predicted octanol–water partition coefficient (Wildman–Crippen LogP) is 5.70. The number of hydrogen-bond acceptors (Lipinski definition) is 4. The molecular weight excluding hydrogens is 438 g/mol. The molecule has 1 aliphatic carbocycles. The van der Waals surface area contributed by atoms with Crippen molar-refractivity contribution in [2.45, 2.75) is 109 Å². The molecular formula is C29H45N3O3. The van der Waals surface area contributed by atoms with Crippen molar-refractivity contribution < 1.29 is 14.3 Å². The number of piperidine rings is 1. The molecule has 2 amide bonds. The molecule has 1 saturated carbocycles. The fourth-order valence-electron chi connectivity index (χ4n) is 6.53. The summed E-state index contributed by atoms with van der Waals surface area (Å²) in [4.78, 5) is 29.3. The molecule has 1 aromatic rings. The monoisotopic (exact) mass is 483 g/mol. The van der Waals surface area contributed by atoms with Crippen molar-refractivity contribution in [2.75, 3.05) is 19.6 Å². The van der Waals surface area contributed by atoms with E-state index in [1.165, 1.54) is 50.5 Å². The van der Waals surface area contributed by atoms with Crippen molar-refractivity contribution in [3.8, 4) is 0 Å². The number of primary amides is 1. The highest BCUT2D eigenvalue weighted by Crippen LogP contribution is 2.43. The van der Waals surface area contributed by atoms with Gasteiger partial charge in [-0.25, -0.2) is 4.79 Å². The number of benzene rings is 1. The molecule has 0 spiro atoms. The first kappa shape index (κ1) is 26.0. The third-order valence-corrected chi connectivity index (χ3v) is 8.34. The van der Waals surface area contributed by atoms with E-state index in [0.717, 1.165) is 44.8 Å². The Morgan fingerprint density at radius 2 is 1.71 bits per heavy atom. The van der Waals surface area contributed by atoms with E-state index in [0.29, 0.717) is 23.6 Å². The van der Waals surface area contributed by atoms with Crippen molar-refractivity contribution in [3.63, 3.8) is 0 Å². The zero-order valence-electron chi connectivity index (χ0n) is 22.0. The van der Waals surface area contributed by atoms with Gasteiger partial charge >= 0.3 is 6.09 Å². The van der Waals surface area contributed by atoms with Gasteiger partial charge in [0.15, 0.2) is 0 Å². The third-order valence-electron chi connectivity index (χ3n) is 8.34. The zero-order chi connectivity index (χ0) is 25.0. The largest absolute Gasteiger partial charge is 0.444 e. The van der Waals surface area contributed by atoms with Crippen LogP contribution in [0, 0.1) is 5.92 Å². The van der Waals surface area contributed by atoms with Crippen LogP contribution in [0.25, 0.3) is 0 Å². The van der Waals surface area contributed by atoms with Gasteiger partial charge in [0.1, 0.15) is 5.60 Å². The second kappa shape index (κ2) is 11.3. The average molecular weight is 484 g/mol. The van der Waals surface area contributed by atoms with E-state index in [1.807, 2.05) is 37.8 Å². The number of carbonyl (C=O) groups excluding carboxylic acids is 2. The van der Waals surface area contributed by atoms with Gasteiger partial charge in [0.2, 0.25) is 5.91 Å². The first-order valence-corrected chi connectivity index (χ1v) is 13.8. The maximum Gasteiger partial charge on any atom is 0.410 e. The highest BCUT2D eigenvalue weighted by Gasteiger charge is 2.41. The summed E-state index contributed by atoms with van der Waals surface area (Å²) in [5.41, 5.74) is 6.88. The van der Waals surface area contributed by atoms with E-state index >= 15 is 0 Å². The van der Waals surface area contributed by atoms with E-state index in [-0.39, 0.29) is 12.0 Å². The van der Waals surface area contributed by atoms with E-state index in [9.17, 15) is 9.59 Å². The van der Waals surface area contributed by atoms with Gasteiger partial charge < -0.3 is 15.4 Å². The Morgan fingerprint density at radius 3 is 2.34 bits per heavy atom. The Kier molecular flexibility index (Phi) is 8.41. The van der Waals surface area contributed by atoms with Crippen molar-refractivity contribution in [1.29, 1.82) is 0 Å². The van der Waals surface area contributed by atoms with Gasteiger partial charge in [0, 0.05) is 37.3 Å². The van der Waals surface area contributed by atoms with Crippen LogP contribution in [-0.2, 0) is 4.74 Å². The summed E-state index contributed by atoms with van der Waals surface area (Å²) < 4.78 is 5.79. The zero-order valence-corrected chi connectivity index (χ0v) is 22.0. The Balaban J connectivity index is 1.36. The Morgan fingerprint density at radius 1 is 1.03 bits per heavy atom. The van der Waals surface area contributed by atoms with Crippen LogP contribution in [0.3, 0.4) is 0 Å². The second-order valence-electron chi connectivity index (χ2n) is 12.0. The summed E-state index contributed by atoms with van der Waals surface area (Å²) in [6.45, 7) is 8.28. The number of hydrogen-bond donors (Lipinski definition) is 1. The molecule has 3 fully saturated rings. The van der Waals surface area contributed by atoms with Gasteiger partial charge in [0.05, 0.1) is 0 Å². The molecule has 6 heteroatoms. The molecule has 2 bridgehead atoms. The minimum absolute atomic E-state index is 0.168. The molecule has 6 nitrogen and oxygen atoms in total. The normalized spacial score (nSPS) is 25.4. The van der Waals surface area contributed by atoms with E-state index in [4.69, 9.17) is 10.5 Å². The van der Waals surface area contributed by atoms with E-state index in [2.05, 4.69) is 11.0 Å². The third kappa shape index (κ3) is 6.99. The molecule has 2 heterocycles. The lowest BCUT2D eigenvalue weighted by atomic mass is 9.84. The molecule has 194 valence electrons. The first-order chi connectivity index (χ1) is 16.7. The lowest BCUT2D eigenvalue weighted by molar-refractivity contribution is 0.0189. The van der Waals surface area contributed by atoms with Crippen molar-refractivity contribution in [2.24, 2.45) is 11.7 Å². The number of amides is 2. The topological polar surface area (TPSA) is 75.9 Å². The summed E-state index contributed by atoms with van der Waals surface area (Å²) in [6, 6.07) is 8.95. The highest BCUT2D eigenvalue weighted by molar-refractivity contribution is 5.92. The Hall–Kier alpha value is -2.08. The number of fused-ring (bicyclic) bond motifs is 2. The fraction of sp³-hybridized carbons (Fsp3) is 0.724. The van der Waals surface area contributed by atoms with Crippen LogP contribution in [0.5, 0.6) is 0 Å². The van der Waals surface area contributed by atoms with E-state index in [1.54, 1.807) is 6.07 Å². The number of ether oxygens (including phenoxy) is 1. The van der Waals surface area contributed by atoms with Crippen LogP contribution in [0.2, 0.25) is 0 Å². The van der Waals surface area contributed by atoms with Crippen LogP contribution < -0.4 is 5.73 Å². The number of carbonyl (C=O) groups is 2. The maximum atomic E-state index is 13.1. The molecule has 2 saturated heterocycles. The summed E-state index contributed by atoms with van der Waals surface area (Å²) in [6.07, 6.45) is 12.2. The number of nitrogens with two attached hydrogens (primary N) is 1. The van der Waals surface area contributed by atoms with Crippen LogP contribution in [0.4, 0.5) is 4.79 Å². The number of nitrogens with zero attached hydrogens (tertiary/aromatic N) is 2. The fourth-order valence-corrected chi connectivity index (χ4v) is 6.53. The maximum absolute atomic E-state index is 13.1. The molecule has 0 aromatic heterocycles. The molecule has 2 aliphatic heterocycles.